The van der Waals surface area contributed by atoms with Crippen LogP contribution in [-0.2, 0) is 4.74 Å². The maximum Gasteiger partial charge on any atom is 0.341 e. The predicted molar refractivity (Wildman–Crippen MR) is 57.0 cm³/mol. The van der Waals surface area contributed by atoms with E-state index >= 15 is 0 Å². The number of hydrogen-bond acceptors (Lipinski definition) is 5. The van der Waals surface area contributed by atoms with Gasteiger partial charge in [0.05, 0.1) is 29.1 Å². The topological polar surface area (TPSA) is 77.6 Å². The van der Waals surface area contributed by atoms with Crippen LogP contribution < -0.4 is 5.84 Å². The van der Waals surface area contributed by atoms with Crippen LogP contribution >= 0.6 is 11.6 Å². The first-order chi connectivity index (χ1) is 7.19. The summed E-state index contributed by atoms with van der Waals surface area (Å²) in [7, 11) is 0. The lowest BCUT2D eigenvalue weighted by Crippen LogP contribution is -2.06. The fourth-order valence-electron chi connectivity index (χ4n) is 0.952. The Labute approximate surface area is 91.9 Å². The summed E-state index contributed by atoms with van der Waals surface area (Å²) in [5.74, 6) is 4.46. The predicted octanol–water partition coefficient (Wildman–Crippen LogP) is 1.20. The average molecular weight is 228 g/mol. The molecule has 6 heteroatoms. The molecule has 1 heterocycles. The molecule has 0 saturated carbocycles. The van der Waals surface area contributed by atoms with Gasteiger partial charge in [-0.15, -0.1) is 0 Å². The Hall–Kier alpha value is -1.62. The lowest BCUT2D eigenvalue weighted by atomic mass is 10.2. The van der Waals surface area contributed by atoms with Crippen LogP contribution in [0, 0.1) is 0 Å². The monoisotopic (exact) mass is 227 g/mol. The number of pyridine rings is 1. The number of halogens is 1. The minimum absolute atomic E-state index is 0.229. The second kappa shape index (κ2) is 5.31. The van der Waals surface area contributed by atoms with Crippen LogP contribution in [0.5, 0.6) is 0 Å². The number of nitrogens with zero attached hydrogens (tertiary/aromatic N) is 2. The first-order valence-electron chi connectivity index (χ1n) is 4.25. The first kappa shape index (κ1) is 11.5. The summed E-state index contributed by atoms with van der Waals surface area (Å²) in [6, 6.07) is 1.49. The van der Waals surface area contributed by atoms with E-state index in [0.29, 0.717) is 12.3 Å². The summed E-state index contributed by atoms with van der Waals surface area (Å²) in [6.45, 7) is 2.01. The van der Waals surface area contributed by atoms with Crippen LogP contribution in [0.1, 0.15) is 23.0 Å². The molecule has 0 fully saturated rings. The molecule has 0 radical (unpaired) electrons. The van der Waals surface area contributed by atoms with E-state index in [4.69, 9.17) is 22.2 Å². The number of ether oxygens (including phenoxy) is 1. The molecule has 0 bridgehead atoms. The fourth-order valence-corrected chi connectivity index (χ4v) is 1.19. The van der Waals surface area contributed by atoms with E-state index in [-0.39, 0.29) is 10.6 Å². The molecule has 5 nitrogen and oxygen atoms in total. The molecular weight excluding hydrogens is 218 g/mol. The van der Waals surface area contributed by atoms with Crippen molar-refractivity contribution in [3.05, 3.63) is 28.5 Å². The van der Waals surface area contributed by atoms with E-state index in [0.717, 1.165) is 0 Å². The van der Waals surface area contributed by atoms with Gasteiger partial charge in [0.1, 0.15) is 0 Å². The van der Waals surface area contributed by atoms with Gasteiger partial charge in [-0.05, 0) is 13.0 Å². The lowest BCUT2D eigenvalue weighted by molar-refractivity contribution is 0.0526. The molecule has 80 valence electrons. The normalized spacial score (nSPS) is 10.5. The molecule has 1 rings (SSSR count). The van der Waals surface area contributed by atoms with Crippen molar-refractivity contribution < 1.29 is 9.53 Å². The minimum Gasteiger partial charge on any atom is -0.462 e. The van der Waals surface area contributed by atoms with E-state index in [1.54, 1.807) is 6.92 Å². The minimum atomic E-state index is -0.494. The Morgan fingerprint density at radius 1 is 1.80 bits per heavy atom. The summed E-state index contributed by atoms with van der Waals surface area (Å²) in [5.41, 5.74) is 0.711. The van der Waals surface area contributed by atoms with Crippen molar-refractivity contribution in [3.63, 3.8) is 0 Å². The second-order valence-corrected chi connectivity index (χ2v) is 2.99. The molecule has 0 unspecified atom stereocenters. The third-order valence-electron chi connectivity index (χ3n) is 1.58. The van der Waals surface area contributed by atoms with Gasteiger partial charge in [-0.1, -0.05) is 11.6 Å². The highest BCUT2D eigenvalue weighted by Gasteiger charge is 2.11. The van der Waals surface area contributed by atoms with Crippen molar-refractivity contribution in [2.75, 3.05) is 6.61 Å². The van der Waals surface area contributed by atoms with Crippen molar-refractivity contribution in [3.8, 4) is 0 Å². The van der Waals surface area contributed by atoms with Crippen molar-refractivity contribution >= 4 is 23.8 Å². The van der Waals surface area contributed by atoms with Gasteiger partial charge >= 0.3 is 5.97 Å². The van der Waals surface area contributed by atoms with Crippen LogP contribution in [0.4, 0.5) is 0 Å². The zero-order valence-electron chi connectivity index (χ0n) is 8.11. The van der Waals surface area contributed by atoms with Gasteiger partial charge in [-0.25, -0.2) is 4.79 Å². The van der Waals surface area contributed by atoms with E-state index in [2.05, 4.69) is 10.1 Å². The molecule has 1 aromatic rings. The Morgan fingerprint density at radius 3 is 3.07 bits per heavy atom. The number of nitrogens with two attached hydrogens (primary N) is 1. The summed E-state index contributed by atoms with van der Waals surface area (Å²) in [4.78, 5) is 15.2. The van der Waals surface area contributed by atoms with Crippen LogP contribution in [0.2, 0.25) is 5.02 Å². The molecule has 0 aromatic carbocycles. The Kier molecular flexibility index (Phi) is 4.05. The van der Waals surface area contributed by atoms with Crippen molar-refractivity contribution in [1.82, 2.24) is 4.98 Å². The fraction of sp³-hybridized carbons (Fsp3) is 0.222. The highest BCUT2D eigenvalue weighted by molar-refractivity contribution is 6.33. The Balaban J connectivity index is 2.97. The Bertz CT molecular complexity index is 393. The SMILES string of the molecule is CCOC(=O)c1cnc(/C=N\N)cc1Cl. The standard InChI is InChI=1S/C9H10ClN3O2/c1-2-15-9(14)7-5-12-6(4-13-11)3-8(7)10/h3-5H,2,11H2,1H3/b13-4-. The van der Waals surface area contributed by atoms with Crippen LogP contribution in [0.25, 0.3) is 0 Å². The quantitative estimate of drug-likeness (QED) is 0.364. The van der Waals surface area contributed by atoms with Crippen LogP contribution in [0.15, 0.2) is 17.4 Å². The molecule has 0 aliphatic carbocycles. The summed E-state index contributed by atoms with van der Waals surface area (Å²) >= 11 is 5.85. The van der Waals surface area contributed by atoms with Gasteiger partial charge in [0.25, 0.3) is 0 Å². The number of hydrogen-bond donors (Lipinski definition) is 1. The highest BCUT2D eigenvalue weighted by Crippen LogP contribution is 2.16. The molecule has 15 heavy (non-hydrogen) atoms. The summed E-state index contributed by atoms with van der Waals surface area (Å²) in [6.07, 6.45) is 2.66. The van der Waals surface area contributed by atoms with E-state index in [1.165, 1.54) is 18.5 Å². The molecule has 2 N–H and O–H groups in total. The summed E-state index contributed by atoms with van der Waals surface area (Å²) < 4.78 is 4.79. The molecular formula is C9H10ClN3O2. The van der Waals surface area contributed by atoms with Crippen molar-refractivity contribution in [1.29, 1.82) is 0 Å². The molecule has 1 aromatic heterocycles. The number of esters is 1. The maximum absolute atomic E-state index is 11.3. The number of hydrazone groups is 1. The first-order valence-corrected chi connectivity index (χ1v) is 4.62. The summed E-state index contributed by atoms with van der Waals surface area (Å²) in [5, 5.41) is 3.56. The van der Waals surface area contributed by atoms with E-state index in [9.17, 15) is 4.79 Å². The Morgan fingerprint density at radius 2 is 2.53 bits per heavy atom. The molecule has 0 spiro atoms. The third-order valence-corrected chi connectivity index (χ3v) is 1.89. The maximum atomic E-state index is 11.3. The van der Waals surface area contributed by atoms with Crippen LogP contribution in [0.3, 0.4) is 0 Å². The van der Waals surface area contributed by atoms with Gasteiger partial charge in [-0.2, -0.15) is 5.10 Å². The van der Waals surface area contributed by atoms with Crippen molar-refractivity contribution in [2.45, 2.75) is 6.92 Å². The van der Waals surface area contributed by atoms with Gasteiger partial charge < -0.3 is 10.6 Å². The van der Waals surface area contributed by atoms with Gasteiger partial charge in [0.15, 0.2) is 0 Å². The number of rotatable bonds is 3. The van der Waals surface area contributed by atoms with Crippen molar-refractivity contribution in [2.24, 2.45) is 10.9 Å². The molecule has 0 aliphatic heterocycles. The lowest BCUT2D eigenvalue weighted by Gasteiger charge is -2.03. The average Bonchev–Trinajstić information content (AvgIpc) is 2.18. The van der Waals surface area contributed by atoms with Gasteiger partial charge in [0.2, 0.25) is 0 Å². The van der Waals surface area contributed by atoms with E-state index in [1.807, 2.05) is 0 Å². The molecule has 0 aliphatic rings. The zero-order chi connectivity index (χ0) is 11.3. The third kappa shape index (κ3) is 2.92. The zero-order valence-corrected chi connectivity index (χ0v) is 8.86. The molecule has 0 atom stereocenters. The van der Waals surface area contributed by atoms with Gasteiger partial charge in [0, 0.05) is 6.20 Å². The van der Waals surface area contributed by atoms with Gasteiger partial charge in [-0.3, -0.25) is 4.98 Å². The second-order valence-electron chi connectivity index (χ2n) is 2.59. The number of carbonyl (C=O) groups excluding carboxylic acids is 1. The highest BCUT2D eigenvalue weighted by atomic mass is 35.5. The largest absolute Gasteiger partial charge is 0.462 e. The molecule has 0 saturated heterocycles. The smallest absolute Gasteiger partial charge is 0.341 e. The molecule has 0 amide bonds. The van der Waals surface area contributed by atoms with Crippen LogP contribution in [-0.4, -0.2) is 23.8 Å². The number of carbonyl (C=O) groups is 1. The van der Waals surface area contributed by atoms with E-state index < -0.39 is 5.97 Å². The number of aromatic nitrogens is 1.